The summed E-state index contributed by atoms with van der Waals surface area (Å²) in [4.78, 5) is 11.7. The Morgan fingerprint density at radius 3 is 2.57 bits per heavy atom. The van der Waals surface area contributed by atoms with Gasteiger partial charge in [-0.2, -0.15) is 0 Å². The second kappa shape index (κ2) is 6.49. The zero-order chi connectivity index (χ0) is 15.4. The summed E-state index contributed by atoms with van der Waals surface area (Å²) < 4.78 is 39.1. The summed E-state index contributed by atoms with van der Waals surface area (Å²) in [5.74, 6) is -4.73. The monoisotopic (exact) mass is 314 g/mol. The van der Waals surface area contributed by atoms with Crippen LogP contribution in [0.15, 0.2) is 36.4 Å². The van der Waals surface area contributed by atoms with Crippen molar-refractivity contribution >= 4 is 28.9 Å². The van der Waals surface area contributed by atoms with E-state index in [-0.39, 0.29) is 12.2 Å². The maximum atomic E-state index is 13.4. The normalized spacial score (nSPS) is 10.3. The quantitative estimate of drug-likeness (QED) is 0.843. The van der Waals surface area contributed by atoms with Crippen LogP contribution in [0, 0.1) is 17.5 Å². The van der Waals surface area contributed by atoms with Gasteiger partial charge >= 0.3 is 0 Å². The molecular formula is C14H10ClF3N2O. The maximum absolute atomic E-state index is 13.4. The predicted octanol–water partition coefficient (Wildman–Crippen LogP) is 3.81. The van der Waals surface area contributed by atoms with Crippen molar-refractivity contribution in [3.63, 3.8) is 0 Å². The van der Waals surface area contributed by atoms with E-state index in [1.165, 1.54) is 6.07 Å². The second-order valence-corrected chi connectivity index (χ2v) is 4.57. The molecule has 2 aromatic rings. The van der Waals surface area contributed by atoms with Crippen LogP contribution in [-0.2, 0) is 4.79 Å². The number of hydrogen-bond donors (Lipinski definition) is 2. The Morgan fingerprint density at radius 2 is 1.86 bits per heavy atom. The van der Waals surface area contributed by atoms with Crippen LogP contribution in [0.4, 0.5) is 24.5 Å². The Balaban J connectivity index is 1.97. The molecular weight excluding hydrogens is 305 g/mol. The number of rotatable bonds is 4. The van der Waals surface area contributed by atoms with Crippen molar-refractivity contribution < 1.29 is 18.0 Å². The van der Waals surface area contributed by atoms with Gasteiger partial charge in [0.2, 0.25) is 5.91 Å². The van der Waals surface area contributed by atoms with Gasteiger partial charge < -0.3 is 10.6 Å². The molecule has 2 N–H and O–H groups in total. The number of amides is 1. The number of anilines is 2. The van der Waals surface area contributed by atoms with Gasteiger partial charge in [0.1, 0.15) is 0 Å². The molecule has 0 spiro atoms. The molecule has 21 heavy (non-hydrogen) atoms. The van der Waals surface area contributed by atoms with Crippen LogP contribution in [0.2, 0.25) is 5.02 Å². The summed E-state index contributed by atoms with van der Waals surface area (Å²) in [7, 11) is 0. The van der Waals surface area contributed by atoms with E-state index in [9.17, 15) is 18.0 Å². The fraction of sp³-hybridized carbons (Fsp3) is 0.0714. The maximum Gasteiger partial charge on any atom is 0.243 e. The van der Waals surface area contributed by atoms with E-state index in [1.54, 1.807) is 18.2 Å². The minimum atomic E-state index is -1.59. The number of nitrogens with one attached hydrogen (secondary N) is 2. The number of hydrogen-bond acceptors (Lipinski definition) is 2. The summed E-state index contributed by atoms with van der Waals surface area (Å²) >= 11 is 5.76. The molecule has 0 aromatic heterocycles. The summed E-state index contributed by atoms with van der Waals surface area (Å²) in [5.41, 5.74) is 0.176. The van der Waals surface area contributed by atoms with Crippen LogP contribution in [0.1, 0.15) is 0 Å². The largest absolute Gasteiger partial charge is 0.374 e. The van der Waals surface area contributed by atoms with E-state index in [1.807, 2.05) is 0 Å². The van der Waals surface area contributed by atoms with Crippen LogP contribution >= 0.6 is 11.6 Å². The third-order valence-electron chi connectivity index (χ3n) is 2.58. The highest BCUT2D eigenvalue weighted by atomic mass is 35.5. The Hall–Kier alpha value is -2.21. The molecule has 2 aromatic carbocycles. The minimum Gasteiger partial charge on any atom is -0.374 e. The van der Waals surface area contributed by atoms with Crippen molar-refractivity contribution in [2.75, 3.05) is 17.2 Å². The molecule has 0 unspecified atom stereocenters. The van der Waals surface area contributed by atoms with Gasteiger partial charge in [0.05, 0.1) is 12.2 Å². The second-order valence-electron chi connectivity index (χ2n) is 4.13. The molecule has 0 aliphatic heterocycles. The van der Waals surface area contributed by atoms with Crippen LogP contribution in [-0.4, -0.2) is 12.5 Å². The van der Waals surface area contributed by atoms with Gasteiger partial charge in [-0.1, -0.05) is 17.7 Å². The van der Waals surface area contributed by atoms with Gasteiger partial charge in [0.25, 0.3) is 0 Å². The van der Waals surface area contributed by atoms with E-state index in [2.05, 4.69) is 10.6 Å². The van der Waals surface area contributed by atoms with Crippen molar-refractivity contribution in [3.8, 4) is 0 Å². The first kappa shape index (κ1) is 15.2. The van der Waals surface area contributed by atoms with Crippen molar-refractivity contribution in [1.29, 1.82) is 0 Å². The molecule has 0 saturated heterocycles. The Morgan fingerprint density at radius 1 is 1.10 bits per heavy atom. The Kier molecular flexibility index (Phi) is 4.70. The fourth-order valence-electron chi connectivity index (χ4n) is 1.61. The molecule has 2 rings (SSSR count). The first-order valence-corrected chi connectivity index (χ1v) is 6.28. The number of halogens is 4. The number of carbonyl (C=O) groups excluding carboxylic acids is 1. The number of carbonyl (C=O) groups is 1. The molecule has 0 aliphatic rings. The van der Waals surface area contributed by atoms with Gasteiger partial charge in [-0.3, -0.25) is 4.79 Å². The smallest absolute Gasteiger partial charge is 0.243 e. The van der Waals surface area contributed by atoms with Crippen molar-refractivity contribution in [1.82, 2.24) is 0 Å². The van der Waals surface area contributed by atoms with E-state index < -0.39 is 23.4 Å². The minimum absolute atomic E-state index is 0.296. The third kappa shape index (κ3) is 3.88. The molecule has 1 amide bonds. The van der Waals surface area contributed by atoms with Crippen LogP contribution < -0.4 is 10.6 Å². The Bertz CT molecular complexity index is 679. The topological polar surface area (TPSA) is 41.1 Å². The van der Waals surface area contributed by atoms with Crippen LogP contribution in [0.5, 0.6) is 0 Å². The highest BCUT2D eigenvalue weighted by Gasteiger charge is 2.13. The predicted molar refractivity (Wildman–Crippen MR) is 74.9 cm³/mol. The van der Waals surface area contributed by atoms with Crippen molar-refractivity contribution in [3.05, 3.63) is 58.9 Å². The van der Waals surface area contributed by atoms with Crippen LogP contribution in [0.3, 0.4) is 0 Å². The summed E-state index contributed by atoms with van der Waals surface area (Å²) in [6.07, 6.45) is 0. The van der Waals surface area contributed by atoms with Gasteiger partial charge in [-0.25, -0.2) is 13.2 Å². The highest BCUT2D eigenvalue weighted by molar-refractivity contribution is 6.30. The van der Waals surface area contributed by atoms with Gasteiger partial charge in [0, 0.05) is 10.7 Å². The molecule has 0 fully saturated rings. The molecule has 110 valence electrons. The molecule has 0 radical (unpaired) electrons. The molecule has 0 saturated carbocycles. The Labute approximate surface area is 123 Å². The molecule has 0 atom stereocenters. The standard InChI is InChI=1S/C14H10ClF3N2O/c15-8-2-1-3-9(6-8)20-12(21)7-19-11-5-4-10(16)13(17)14(11)18/h1-6,19H,7H2,(H,20,21). The van der Waals surface area contributed by atoms with E-state index in [0.717, 1.165) is 12.1 Å². The van der Waals surface area contributed by atoms with Crippen molar-refractivity contribution in [2.24, 2.45) is 0 Å². The van der Waals surface area contributed by atoms with E-state index >= 15 is 0 Å². The lowest BCUT2D eigenvalue weighted by Crippen LogP contribution is -2.22. The lowest BCUT2D eigenvalue weighted by atomic mass is 10.2. The third-order valence-corrected chi connectivity index (χ3v) is 2.82. The summed E-state index contributed by atoms with van der Waals surface area (Å²) in [6, 6.07) is 8.25. The summed E-state index contributed by atoms with van der Waals surface area (Å²) in [5, 5.41) is 5.36. The zero-order valence-corrected chi connectivity index (χ0v) is 11.3. The number of benzene rings is 2. The van der Waals surface area contributed by atoms with Crippen molar-refractivity contribution in [2.45, 2.75) is 0 Å². The van der Waals surface area contributed by atoms with Gasteiger partial charge in [-0.05, 0) is 30.3 Å². The van der Waals surface area contributed by atoms with E-state index in [4.69, 9.17) is 11.6 Å². The van der Waals surface area contributed by atoms with E-state index in [0.29, 0.717) is 10.7 Å². The summed E-state index contributed by atoms with van der Waals surface area (Å²) in [6.45, 7) is -0.311. The molecule has 0 heterocycles. The molecule has 0 bridgehead atoms. The zero-order valence-electron chi connectivity index (χ0n) is 10.6. The average molecular weight is 315 g/mol. The van der Waals surface area contributed by atoms with Gasteiger partial charge in [0.15, 0.2) is 17.5 Å². The molecule has 7 heteroatoms. The van der Waals surface area contributed by atoms with Crippen LogP contribution in [0.25, 0.3) is 0 Å². The lowest BCUT2D eigenvalue weighted by Gasteiger charge is -2.09. The first-order valence-electron chi connectivity index (χ1n) is 5.90. The fourth-order valence-corrected chi connectivity index (χ4v) is 1.80. The first-order chi connectivity index (χ1) is 9.97. The highest BCUT2D eigenvalue weighted by Crippen LogP contribution is 2.19. The SMILES string of the molecule is O=C(CNc1ccc(F)c(F)c1F)Nc1cccc(Cl)c1. The van der Waals surface area contributed by atoms with Gasteiger partial charge in [-0.15, -0.1) is 0 Å². The lowest BCUT2D eigenvalue weighted by molar-refractivity contribution is -0.114. The molecule has 3 nitrogen and oxygen atoms in total. The molecule has 0 aliphatic carbocycles. The average Bonchev–Trinajstić information content (AvgIpc) is 2.44.